The first-order valence-electron chi connectivity index (χ1n) is 8.36. The second-order valence-corrected chi connectivity index (χ2v) is 5.73. The number of rotatable bonds is 6. The third-order valence-corrected chi connectivity index (χ3v) is 3.96. The van der Waals surface area contributed by atoms with Crippen molar-refractivity contribution in [2.45, 2.75) is 19.3 Å². The second-order valence-electron chi connectivity index (χ2n) is 5.73. The van der Waals surface area contributed by atoms with Gasteiger partial charge in [0.2, 0.25) is 0 Å². The largest absolute Gasteiger partial charge is 0.492 e. The van der Waals surface area contributed by atoms with Crippen LogP contribution in [-0.2, 0) is 0 Å². The Morgan fingerprint density at radius 2 is 1.92 bits per heavy atom. The molecular weight excluding hydrogens is 304 g/mol. The maximum absolute atomic E-state index is 12.2. The first kappa shape index (κ1) is 16.2. The molecule has 126 valence electrons. The fourth-order valence-corrected chi connectivity index (χ4v) is 2.71. The van der Waals surface area contributed by atoms with E-state index in [0.717, 1.165) is 24.7 Å². The standard InChI is InChI=1S/C18H22N4O2/c23-18(19-9-12-24-15-7-3-1-4-8-15)16-13-17(21-14-20-16)22-10-5-2-6-11-22/h1,3-4,7-8,13-14H,2,5-6,9-12H2,(H,19,23). The van der Waals surface area contributed by atoms with Crippen LogP contribution in [0.15, 0.2) is 42.7 Å². The van der Waals surface area contributed by atoms with Crippen LogP contribution in [0.25, 0.3) is 0 Å². The molecule has 0 unspecified atom stereocenters. The molecule has 0 bridgehead atoms. The Kier molecular flexibility index (Phi) is 5.61. The summed E-state index contributed by atoms with van der Waals surface area (Å²) >= 11 is 0. The fraction of sp³-hybridized carbons (Fsp3) is 0.389. The van der Waals surface area contributed by atoms with E-state index in [1.165, 1.54) is 25.6 Å². The minimum Gasteiger partial charge on any atom is -0.492 e. The number of piperidine rings is 1. The van der Waals surface area contributed by atoms with Crippen molar-refractivity contribution in [2.24, 2.45) is 0 Å². The summed E-state index contributed by atoms with van der Waals surface area (Å²) in [6.07, 6.45) is 5.06. The van der Waals surface area contributed by atoms with Crippen molar-refractivity contribution in [1.29, 1.82) is 0 Å². The molecule has 1 amide bonds. The van der Waals surface area contributed by atoms with Crippen LogP contribution in [0.5, 0.6) is 5.75 Å². The summed E-state index contributed by atoms with van der Waals surface area (Å²) in [5, 5.41) is 2.83. The lowest BCUT2D eigenvalue weighted by atomic mass is 10.1. The van der Waals surface area contributed by atoms with Gasteiger partial charge < -0.3 is 15.0 Å². The zero-order chi connectivity index (χ0) is 16.6. The first-order valence-corrected chi connectivity index (χ1v) is 8.36. The van der Waals surface area contributed by atoms with E-state index in [2.05, 4.69) is 20.2 Å². The third-order valence-electron chi connectivity index (χ3n) is 3.96. The molecule has 0 saturated carbocycles. The maximum Gasteiger partial charge on any atom is 0.270 e. The van der Waals surface area contributed by atoms with E-state index in [4.69, 9.17) is 4.74 Å². The van der Waals surface area contributed by atoms with E-state index in [0.29, 0.717) is 18.8 Å². The molecule has 0 atom stereocenters. The number of nitrogens with zero attached hydrogens (tertiary/aromatic N) is 3. The molecular formula is C18H22N4O2. The molecule has 6 nitrogen and oxygen atoms in total. The summed E-state index contributed by atoms with van der Waals surface area (Å²) in [4.78, 5) is 22.8. The monoisotopic (exact) mass is 326 g/mol. The van der Waals surface area contributed by atoms with Crippen LogP contribution in [0, 0.1) is 0 Å². The van der Waals surface area contributed by atoms with Gasteiger partial charge >= 0.3 is 0 Å². The highest BCUT2D eigenvalue weighted by molar-refractivity contribution is 5.92. The second kappa shape index (κ2) is 8.29. The van der Waals surface area contributed by atoms with Gasteiger partial charge in [0.1, 0.15) is 30.2 Å². The van der Waals surface area contributed by atoms with E-state index in [-0.39, 0.29) is 5.91 Å². The number of hydrogen-bond donors (Lipinski definition) is 1. The highest BCUT2D eigenvalue weighted by atomic mass is 16.5. The van der Waals surface area contributed by atoms with Gasteiger partial charge in [0.15, 0.2) is 0 Å². The van der Waals surface area contributed by atoms with Gasteiger partial charge in [-0.15, -0.1) is 0 Å². The molecule has 1 saturated heterocycles. The SMILES string of the molecule is O=C(NCCOc1ccccc1)c1cc(N2CCCCC2)ncn1. The van der Waals surface area contributed by atoms with Crippen LogP contribution in [0.4, 0.5) is 5.82 Å². The third kappa shape index (κ3) is 4.44. The highest BCUT2D eigenvalue weighted by Crippen LogP contribution is 2.17. The zero-order valence-corrected chi connectivity index (χ0v) is 13.6. The van der Waals surface area contributed by atoms with Crippen molar-refractivity contribution < 1.29 is 9.53 Å². The van der Waals surface area contributed by atoms with E-state index in [1.54, 1.807) is 6.07 Å². The number of ether oxygens (including phenoxy) is 1. The number of nitrogens with one attached hydrogen (secondary N) is 1. The number of carbonyl (C=O) groups is 1. The lowest BCUT2D eigenvalue weighted by molar-refractivity contribution is 0.0942. The van der Waals surface area contributed by atoms with Crippen LogP contribution in [-0.4, -0.2) is 42.1 Å². The summed E-state index contributed by atoms with van der Waals surface area (Å²) in [7, 11) is 0. The Hall–Kier alpha value is -2.63. The number of aromatic nitrogens is 2. The van der Waals surface area contributed by atoms with Crippen LogP contribution in [0.2, 0.25) is 0 Å². The number of hydrogen-bond acceptors (Lipinski definition) is 5. The molecule has 1 aliphatic rings. The van der Waals surface area contributed by atoms with Crippen LogP contribution in [0.1, 0.15) is 29.8 Å². The Bertz CT molecular complexity index is 657. The van der Waals surface area contributed by atoms with Crippen molar-refractivity contribution in [3.05, 3.63) is 48.4 Å². The molecule has 0 aliphatic carbocycles. The molecule has 3 rings (SSSR count). The molecule has 24 heavy (non-hydrogen) atoms. The Morgan fingerprint density at radius 3 is 2.71 bits per heavy atom. The van der Waals surface area contributed by atoms with Crippen LogP contribution in [0.3, 0.4) is 0 Å². The van der Waals surface area contributed by atoms with Gasteiger partial charge in [-0.25, -0.2) is 9.97 Å². The molecule has 1 aromatic carbocycles. The lowest BCUT2D eigenvalue weighted by Gasteiger charge is -2.27. The van der Waals surface area contributed by atoms with Gasteiger partial charge in [0, 0.05) is 19.2 Å². The maximum atomic E-state index is 12.2. The summed E-state index contributed by atoms with van der Waals surface area (Å²) in [5.41, 5.74) is 0.394. The van der Waals surface area contributed by atoms with Crippen molar-refractivity contribution >= 4 is 11.7 Å². The minimum absolute atomic E-state index is 0.202. The van der Waals surface area contributed by atoms with Gasteiger partial charge in [0.25, 0.3) is 5.91 Å². The summed E-state index contributed by atoms with van der Waals surface area (Å²) in [5.74, 6) is 1.42. The van der Waals surface area contributed by atoms with Crippen LogP contribution < -0.4 is 15.0 Å². The van der Waals surface area contributed by atoms with Crippen molar-refractivity contribution in [3.63, 3.8) is 0 Å². The van der Waals surface area contributed by atoms with Gasteiger partial charge in [-0.1, -0.05) is 18.2 Å². The van der Waals surface area contributed by atoms with Crippen molar-refractivity contribution in [3.8, 4) is 5.75 Å². The van der Waals surface area contributed by atoms with E-state index < -0.39 is 0 Å². The van der Waals surface area contributed by atoms with Crippen molar-refractivity contribution in [1.82, 2.24) is 15.3 Å². The Morgan fingerprint density at radius 1 is 1.12 bits per heavy atom. The van der Waals surface area contributed by atoms with Gasteiger partial charge in [-0.2, -0.15) is 0 Å². The predicted molar refractivity (Wildman–Crippen MR) is 92.4 cm³/mol. The molecule has 0 spiro atoms. The molecule has 1 N–H and O–H groups in total. The molecule has 1 aliphatic heterocycles. The Balaban J connectivity index is 1.49. The average molecular weight is 326 g/mol. The van der Waals surface area contributed by atoms with Gasteiger partial charge in [-0.05, 0) is 31.4 Å². The quantitative estimate of drug-likeness (QED) is 0.825. The smallest absolute Gasteiger partial charge is 0.270 e. The van der Waals surface area contributed by atoms with E-state index in [1.807, 2.05) is 30.3 Å². The highest BCUT2D eigenvalue weighted by Gasteiger charge is 2.15. The van der Waals surface area contributed by atoms with Gasteiger partial charge in [0.05, 0.1) is 6.54 Å². The fourth-order valence-electron chi connectivity index (χ4n) is 2.71. The molecule has 1 fully saturated rings. The molecule has 0 radical (unpaired) electrons. The van der Waals surface area contributed by atoms with Crippen LogP contribution >= 0.6 is 0 Å². The number of carbonyl (C=O) groups excluding carboxylic acids is 1. The number of para-hydroxylation sites is 1. The summed E-state index contributed by atoms with van der Waals surface area (Å²) in [6.45, 7) is 2.82. The molecule has 1 aromatic heterocycles. The van der Waals surface area contributed by atoms with E-state index in [9.17, 15) is 4.79 Å². The normalized spacial score (nSPS) is 14.2. The first-order chi connectivity index (χ1) is 11.8. The number of benzene rings is 1. The summed E-state index contributed by atoms with van der Waals surface area (Å²) < 4.78 is 5.56. The van der Waals surface area contributed by atoms with E-state index >= 15 is 0 Å². The molecule has 6 heteroatoms. The number of amides is 1. The Labute approximate surface area is 141 Å². The topological polar surface area (TPSA) is 67.3 Å². The molecule has 2 aromatic rings. The predicted octanol–water partition coefficient (Wildman–Crippen LogP) is 2.28. The number of anilines is 1. The zero-order valence-electron chi connectivity index (χ0n) is 13.6. The average Bonchev–Trinajstić information content (AvgIpc) is 2.67. The van der Waals surface area contributed by atoms with Gasteiger partial charge in [-0.3, -0.25) is 4.79 Å². The van der Waals surface area contributed by atoms with Crippen molar-refractivity contribution in [2.75, 3.05) is 31.1 Å². The summed E-state index contributed by atoms with van der Waals surface area (Å²) in [6, 6.07) is 11.3. The minimum atomic E-state index is -0.202. The lowest BCUT2D eigenvalue weighted by Crippen LogP contribution is -2.32. The molecule has 2 heterocycles.